The molecule has 0 N–H and O–H groups in total. The molecule has 0 spiro atoms. The van der Waals surface area contributed by atoms with Crippen molar-refractivity contribution in [2.75, 3.05) is 7.11 Å². The first-order chi connectivity index (χ1) is 8.22. The van der Waals surface area contributed by atoms with Gasteiger partial charge in [-0.1, -0.05) is 17.7 Å². The number of esters is 1. The summed E-state index contributed by atoms with van der Waals surface area (Å²) in [6.45, 7) is 2.21. The minimum absolute atomic E-state index is 0.272. The lowest BCUT2D eigenvalue weighted by Crippen LogP contribution is -2.02. The van der Waals surface area contributed by atoms with Gasteiger partial charge in [0.1, 0.15) is 0 Å². The lowest BCUT2D eigenvalue weighted by atomic mass is 9.88. The Balaban J connectivity index is 2.26. The van der Waals surface area contributed by atoms with E-state index in [1.54, 1.807) is 0 Å². The quantitative estimate of drug-likeness (QED) is 0.722. The van der Waals surface area contributed by atoms with Crippen molar-refractivity contribution in [1.82, 2.24) is 0 Å². The SMILES string of the molecule is COC(=O)c1ccc(C2=C(C)CCCC2)cc1. The fourth-order valence-corrected chi connectivity index (χ4v) is 2.37. The number of hydrogen-bond acceptors (Lipinski definition) is 2. The number of ether oxygens (including phenoxy) is 1. The Bertz CT molecular complexity index is 440. The Kier molecular flexibility index (Phi) is 3.62. The highest BCUT2D eigenvalue weighted by Gasteiger charge is 2.12. The molecule has 0 fully saturated rings. The van der Waals surface area contributed by atoms with Crippen LogP contribution < -0.4 is 0 Å². The highest BCUT2D eigenvalue weighted by molar-refractivity contribution is 5.89. The summed E-state index contributed by atoms with van der Waals surface area (Å²) in [6, 6.07) is 7.74. The Morgan fingerprint density at radius 1 is 1.12 bits per heavy atom. The summed E-state index contributed by atoms with van der Waals surface area (Å²) < 4.78 is 4.69. The zero-order valence-corrected chi connectivity index (χ0v) is 10.5. The summed E-state index contributed by atoms with van der Waals surface area (Å²) in [7, 11) is 1.41. The van der Waals surface area contributed by atoms with Crippen LogP contribution in [0.2, 0.25) is 0 Å². The summed E-state index contributed by atoms with van der Waals surface area (Å²) in [5.41, 5.74) is 4.80. The van der Waals surface area contributed by atoms with Crippen LogP contribution in [0.5, 0.6) is 0 Å². The van der Waals surface area contributed by atoms with Gasteiger partial charge in [-0.05, 0) is 55.9 Å². The van der Waals surface area contributed by atoms with Crippen molar-refractivity contribution in [3.8, 4) is 0 Å². The van der Waals surface area contributed by atoms with E-state index in [1.807, 2.05) is 24.3 Å². The molecular weight excluding hydrogens is 212 g/mol. The van der Waals surface area contributed by atoms with Crippen LogP contribution >= 0.6 is 0 Å². The van der Waals surface area contributed by atoms with Crippen LogP contribution in [0.4, 0.5) is 0 Å². The van der Waals surface area contributed by atoms with Crippen LogP contribution in [-0.4, -0.2) is 13.1 Å². The number of benzene rings is 1. The third-order valence-corrected chi connectivity index (χ3v) is 3.40. The third kappa shape index (κ3) is 2.57. The van der Waals surface area contributed by atoms with E-state index in [-0.39, 0.29) is 5.97 Å². The zero-order valence-electron chi connectivity index (χ0n) is 10.5. The van der Waals surface area contributed by atoms with Crippen LogP contribution in [0, 0.1) is 0 Å². The van der Waals surface area contributed by atoms with Gasteiger partial charge in [0.2, 0.25) is 0 Å². The lowest BCUT2D eigenvalue weighted by Gasteiger charge is -2.18. The van der Waals surface area contributed by atoms with E-state index in [0.29, 0.717) is 5.56 Å². The number of allylic oxidation sites excluding steroid dienone is 2. The molecule has 0 unspecified atom stereocenters. The van der Waals surface area contributed by atoms with Gasteiger partial charge < -0.3 is 4.74 Å². The predicted octanol–water partition coefficient (Wildman–Crippen LogP) is 3.82. The van der Waals surface area contributed by atoms with Crippen molar-refractivity contribution in [2.24, 2.45) is 0 Å². The van der Waals surface area contributed by atoms with Crippen molar-refractivity contribution >= 4 is 11.5 Å². The van der Waals surface area contributed by atoms with E-state index >= 15 is 0 Å². The second kappa shape index (κ2) is 5.17. The molecule has 0 saturated heterocycles. The number of hydrogen-bond donors (Lipinski definition) is 0. The van der Waals surface area contributed by atoms with Gasteiger partial charge in [0.25, 0.3) is 0 Å². The molecule has 1 aliphatic carbocycles. The standard InChI is InChI=1S/C15H18O2/c1-11-5-3-4-6-14(11)12-7-9-13(10-8-12)15(16)17-2/h7-10H,3-6H2,1-2H3. The van der Waals surface area contributed by atoms with Gasteiger partial charge in [0, 0.05) is 0 Å². The summed E-state index contributed by atoms with van der Waals surface area (Å²) >= 11 is 0. The van der Waals surface area contributed by atoms with Gasteiger partial charge in [-0.3, -0.25) is 0 Å². The molecule has 0 aromatic heterocycles. The maximum Gasteiger partial charge on any atom is 0.337 e. The molecule has 2 heteroatoms. The number of rotatable bonds is 2. The summed E-state index contributed by atoms with van der Waals surface area (Å²) in [4.78, 5) is 11.3. The molecule has 2 rings (SSSR count). The fraction of sp³-hybridized carbons (Fsp3) is 0.400. The average molecular weight is 230 g/mol. The van der Waals surface area contributed by atoms with Crippen molar-refractivity contribution < 1.29 is 9.53 Å². The second-order valence-electron chi connectivity index (χ2n) is 4.53. The normalized spacial score (nSPS) is 15.9. The van der Waals surface area contributed by atoms with Gasteiger partial charge in [-0.25, -0.2) is 4.79 Å². The van der Waals surface area contributed by atoms with Crippen LogP contribution in [0.3, 0.4) is 0 Å². The molecule has 0 saturated carbocycles. The largest absolute Gasteiger partial charge is 0.465 e. The Hall–Kier alpha value is -1.57. The molecule has 17 heavy (non-hydrogen) atoms. The van der Waals surface area contributed by atoms with E-state index in [4.69, 9.17) is 4.74 Å². The minimum Gasteiger partial charge on any atom is -0.465 e. The van der Waals surface area contributed by atoms with Gasteiger partial charge in [0.05, 0.1) is 12.7 Å². The molecule has 0 atom stereocenters. The van der Waals surface area contributed by atoms with Crippen molar-refractivity contribution in [3.05, 3.63) is 41.0 Å². The maximum atomic E-state index is 11.3. The first-order valence-corrected chi connectivity index (χ1v) is 6.09. The van der Waals surface area contributed by atoms with E-state index in [9.17, 15) is 4.79 Å². The van der Waals surface area contributed by atoms with Crippen molar-refractivity contribution in [1.29, 1.82) is 0 Å². The van der Waals surface area contributed by atoms with Crippen LogP contribution in [-0.2, 0) is 4.74 Å². The molecule has 2 nitrogen and oxygen atoms in total. The predicted molar refractivity (Wildman–Crippen MR) is 68.8 cm³/mol. The molecule has 0 bridgehead atoms. The minimum atomic E-state index is -0.272. The van der Waals surface area contributed by atoms with E-state index < -0.39 is 0 Å². The van der Waals surface area contributed by atoms with Crippen LogP contribution in [0.1, 0.15) is 48.5 Å². The lowest BCUT2D eigenvalue weighted by molar-refractivity contribution is 0.0601. The van der Waals surface area contributed by atoms with Crippen molar-refractivity contribution in [3.63, 3.8) is 0 Å². The number of carbonyl (C=O) groups is 1. The summed E-state index contributed by atoms with van der Waals surface area (Å²) in [5.74, 6) is -0.272. The second-order valence-corrected chi connectivity index (χ2v) is 4.53. The summed E-state index contributed by atoms with van der Waals surface area (Å²) in [6.07, 6.45) is 4.93. The van der Waals surface area contributed by atoms with Crippen molar-refractivity contribution in [2.45, 2.75) is 32.6 Å². The molecule has 90 valence electrons. The third-order valence-electron chi connectivity index (χ3n) is 3.40. The average Bonchev–Trinajstić information content (AvgIpc) is 2.39. The van der Waals surface area contributed by atoms with Gasteiger partial charge >= 0.3 is 5.97 Å². The Morgan fingerprint density at radius 3 is 2.35 bits per heavy atom. The Labute approximate surface area is 102 Å². The molecule has 0 amide bonds. The first-order valence-electron chi connectivity index (χ1n) is 6.09. The van der Waals surface area contributed by atoms with E-state index in [2.05, 4.69) is 6.92 Å². The Morgan fingerprint density at radius 2 is 1.76 bits per heavy atom. The molecule has 0 radical (unpaired) electrons. The fourth-order valence-electron chi connectivity index (χ4n) is 2.37. The van der Waals surface area contributed by atoms with E-state index in [1.165, 1.54) is 43.1 Å². The monoisotopic (exact) mass is 230 g/mol. The zero-order chi connectivity index (χ0) is 12.3. The molecule has 0 heterocycles. The number of methoxy groups -OCH3 is 1. The highest BCUT2D eigenvalue weighted by atomic mass is 16.5. The topological polar surface area (TPSA) is 26.3 Å². The first kappa shape index (κ1) is 11.9. The molecule has 1 aliphatic rings. The maximum absolute atomic E-state index is 11.3. The van der Waals surface area contributed by atoms with Crippen LogP contribution in [0.15, 0.2) is 29.8 Å². The smallest absolute Gasteiger partial charge is 0.337 e. The van der Waals surface area contributed by atoms with Gasteiger partial charge in [-0.15, -0.1) is 0 Å². The summed E-state index contributed by atoms with van der Waals surface area (Å²) in [5, 5.41) is 0. The molecule has 0 aliphatic heterocycles. The van der Waals surface area contributed by atoms with Gasteiger partial charge in [-0.2, -0.15) is 0 Å². The van der Waals surface area contributed by atoms with Crippen LogP contribution in [0.25, 0.3) is 5.57 Å². The highest BCUT2D eigenvalue weighted by Crippen LogP contribution is 2.31. The molecule has 1 aromatic carbocycles. The van der Waals surface area contributed by atoms with Gasteiger partial charge in [0.15, 0.2) is 0 Å². The molecular formula is C15H18O2. The number of carbonyl (C=O) groups excluding carboxylic acids is 1. The molecule has 1 aromatic rings. The van der Waals surface area contributed by atoms with E-state index in [0.717, 1.165) is 6.42 Å².